The SMILES string of the molecule is CCCCCCCCCc1ccccc1.O.O=S(=O)(O)O. The molecule has 0 aromatic heterocycles. The Bertz CT molecular complexity index is 409. The van der Waals surface area contributed by atoms with Gasteiger partial charge in [-0.05, 0) is 18.4 Å². The molecule has 0 aliphatic carbocycles. The van der Waals surface area contributed by atoms with Crippen LogP contribution in [0.5, 0.6) is 0 Å². The number of aryl methyl sites for hydroxylation is 1. The molecule has 0 saturated heterocycles. The molecule has 124 valence electrons. The molecule has 21 heavy (non-hydrogen) atoms. The molecule has 0 saturated carbocycles. The summed E-state index contributed by atoms with van der Waals surface area (Å²) in [6, 6.07) is 10.8. The lowest BCUT2D eigenvalue weighted by Gasteiger charge is -2.01. The molecule has 0 aliphatic heterocycles. The standard InChI is InChI=1S/C15H24.H2O4S.H2O/c1-2-3-4-5-6-7-9-12-15-13-10-8-11-14-15;1-5(2,3)4;/h8,10-11,13-14H,2-7,9,12H2,1H3;(H2,1,2,3,4);1H2. The average Bonchev–Trinajstić information content (AvgIpc) is 2.37. The van der Waals surface area contributed by atoms with Crippen molar-refractivity contribution in [2.24, 2.45) is 0 Å². The quantitative estimate of drug-likeness (QED) is 0.564. The minimum absolute atomic E-state index is 0. The van der Waals surface area contributed by atoms with Crippen LogP contribution in [0.4, 0.5) is 0 Å². The third-order valence-electron chi connectivity index (χ3n) is 2.91. The van der Waals surface area contributed by atoms with Gasteiger partial charge in [-0.3, -0.25) is 9.11 Å². The van der Waals surface area contributed by atoms with Crippen molar-refractivity contribution in [3.05, 3.63) is 35.9 Å². The van der Waals surface area contributed by atoms with Crippen LogP contribution in [-0.2, 0) is 16.8 Å². The molecular weight excluding hydrogens is 292 g/mol. The first kappa shape index (κ1) is 22.3. The van der Waals surface area contributed by atoms with Gasteiger partial charge in [0.2, 0.25) is 0 Å². The Morgan fingerprint density at radius 2 is 1.29 bits per heavy atom. The van der Waals surface area contributed by atoms with Gasteiger partial charge in [0.05, 0.1) is 0 Å². The Morgan fingerprint density at radius 1 is 0.857 bits per heavy atom. The van der Waals surface area contributed by atoms with Crippen molar-refractivity contribution in [3.8, 4) is 0 Å². The molecule has 0 unspecified atom stereocenters. The van der Waals surface area contributed by atoms with Crippen molar-refractivity contribution >= 4 is 10.4 Å². The van der Waals surface area contributed by atoms with Crippen LogP contribution in [0.3, 0.4) is 0 Å². The molecule has 0 spiro atoms. The zero-order valence-electron chi connectivity index (χ0n) is 12.7. The van der Waals surface area contributed by atoms with E-state index in [9.17, 15) is 0 Å². The van der Waals surface area contributed by atoms with Crippen molar-refractivity contribution in [2.75, 3.05) is 0 Å². The van der Waals surface area contributed by atoms with E-state index in [0.29, 0.717) is 0 Å². The zero-order chi connectivity index (χ0) is 15.3. The molecule has 0 atom stereocenters. The van der Waals surface area contributed by atoms with Gasteiger partial charge in [0.15, 0.2) is 0 Å². The third kappa shape index (κ3) is 21.5. The van der Waals surface area contributed by atoms with E-state index in [2.05, 4.69) is 37.3 Å². The Kier molecular flexibility index (Phi) is 14.9. The molecule has 0 heterocycles. The second-order valence-corrected chi connectivity index (χ2v) is 5.70. The summed E-state index contributed by atoms with van der Waals surface area (Å²) in [6.45, 7) is 2.27. The fourth-order valence-corrected chi connectivity index (χ4v) is 1.93. The topological polar surface area (TPSA) is 106 Å². The van der Waals surface area contributed by atoms with Gasteiger partial charge in [-0.2, -0.15) is 8.42 Å². The molecule has 1 rings (SSSR count). The lowest BCUT2D eigenvalue weighted by molar-refractivity contribution is 0.381. The average molecular weight is 320 g/mol. The first-order valence-corrected chi connectivity index (χ1v) is 8.57. The second-order valence-electron chi connectivity index (χ2n) is 4.80. The summed E-state index contributed by atoms with van der Waals surface area (Å²) in [5.41, 5.74) is 1.49. The first-order valence-electron chi connectivity index (χ1n) is 7.17. The molecule has 1 aromatic carbocycles. The van der Waals surface area contributed by atoms with Gasteiger partial charge in [0.1, 0.15) is 0 Å². The highest BCUT2D eigenvalue weighted by Gasteiger charge is 1.93. The fourth-order valence-electron chi connectivity index (χ4n) is 1.93. The molecule has 0 aliphatic rings. The first-order chi connectivity index (χ1) is 9.43. The van der Waals surface area contributed by atoms with Crippen molar-refractivity contribution < 1.29 is 23.0 Å². The zero-order valence-corrected chi connectivity index (χ0v) is 13.5. The summed E-state index contributed by atoms with van der Waals surface area (Å²) < 4.78 is 31.6. The van der Waals surface area contributed by atoms with Crippen LogP contribution in [0, 0.1) is 0 Å². The summed E-state index contributed by atoms with van der Waals surface area (Å²) in [7, 11) is -4.67. The van der Waals surface area contributed by atoms with Crippen LogP contribution < -0.4 is 0 Å². The Hall–Kier alpha value is -0.950. The van der Waals surface area contributed by atoms with Crippen molar-refractivity contribution in [2.45, 2.75) is 58.3 Å². The van der Waals surface area contributed by atoms with Crippen LogP contribution >= 0.6 is 0 Å². The monoisotopic (exact) mass is 320 g/mol. The lowest BCUT2D eigenvalue weighted by atomic mass is 10.0. The predicted octanol–water partition coefficient (Wildman–Crippen LogP) is 3.50. The van der Waals surface area contributed by atoms with E-state index < -0.39 is 10.4 Å². The van der Waals surface area contributed by atoms with Gasteiger partial charge in [0.25, 0.3) is 0 Å². The lowest BCUT2D eigenvalue weighted by Crippen LogP contribution is -1.89. The number of benzene rings is 1. The highest BCUT2D eigenvalue weighted by atomic mass is 32.3. The van der Waals surface area contributed by atoms with E-state index >= 15 is 0 Å². The van der Waals surface area contributed by atoms with Crippen LogP contribution in [-0.4, -0.2) is 23.0 Å². The van der Waals surface area contributed by atoms with E-state index in [1.54, 1.807) is 0 Å². The summed E-state index contributed by atoms with van der Waals surface area (Å²) in [6.07, 6.45) is 11.1. The third-order valence-corrected chi connectivity index (χ3v) is 2.91. The molecule has 0 fully saturated rings. The maximum absolute atomic E-state index is 8.74. The summed E-state index contributed by atoms with van der Waals surface area (Å²) in [5.74, 6) is 0. The Balaban J connectivity index is 0. The summed E-state index contributed by atoms with van der Waals surface area (Å²) in [5, 5.41) is 0. The van der Waals surface area contributed by atoms with Gasteiger partial charge in [-0.25, -0.2) is 0 Å². The molecule has 5 nitrogen and oxygen atoms in total. The minimum Gasteiger partial charge on any atom is -0.412 e. The van der Waals surface area contributed by atoms with Crippen LogP contribution in [0.2, 0.25) is 0 Å². The molecule has 0 radical (unpaired) electrons. The highest BCUT2D eigenvalue weighted by Crippen LogP contribution is 2.10. The maximum Gasteiger partial charge on any atom is 0.394 e. The maximum atomic E-state index is 8.74. The summed E-state index contributed by atoms with van der Waals surface area (Å²) >= 11 is 0. The van der Waals surface area contributed by atoms with Crippen molar-refractivity contribution in [1.82, 2.24) is 0 Å². The molecule has 1 aromatic rings. The van der Waals surface area contributed by atoms with Crippen molar-refractivity contribution in [1.29, 1.82) is 0 Å². The highest BCUT2D eigenvalue weighted by molar-refractivity contribution is 7.79. The summed E-state index contributed by atoms with van der Waals surface area (Å²) in [4.78, 5) is 0. The van der Waals surface area contributed by atoms with E-state index in [-0.39, 0.29) is 5.48 Å². The number of unbranched alkanes of at least 4 members (excludes halogenated alkanes) is 6. The van der Waals surface area contributed by atoms with Crippen LogP contribution in [0.1, 0.15) is 57.4 Å². The van der Waals surface area contributed by atoms with Gasteiger partial charge < -0.3 is 5.48 Å². The molecule has 6 heteroatoms. The Labute approximate surface area is 128 Å². The fraction of sp³-hybridized carbons (Fsp3) is 0.600. The molecule has 4 N–H and O–H groups in total. The van der Waals surface area contributed by atoms with E-state index in [1.807, 2.05) is 0 Å². The molecule has 0 amide bonds. The second kappa shape index (κ2) is 14.0. The molecule has 0 bridgehead atoms. The van der Waals surface area contributed by atoms with Gasteiger partial charge >= 0.3 is 10.4 Å². The number of rotatable bonds is 8. The van der Waals surface area contributed by atoms with Crippen molar-refractivity contribution in [3.63, 3.8) is 0 Å². The largest absolute Gasteiger partial charge is 0.412 e. The van der Waals surface area contributed by atoms with Crippen LogP contribution in [0.15, 0.2) is 30.3 Å². The van der Waals surface area contributed by atoms with Gasteiger partial charge in [0, 0.05) is 0 Å². The normalized spacial score (nSPS) is 10.2. The van der Waals surface area contributed by atoms with E-state index in [4.69, 9.17) is 17.5 Å². The number of hydrogen-bond acceptors (Lipinski definition) is 2. The smallest absolute Gasteiger partial charge is 0.394 e. The minimum atomic E-state index is -4.67. The van der Waals surface area contributed by atoms with Crippen LogP contribution in [0.25, 0.3) is 0 Å². The van der Waals surface area contributed by atoms with Gasteiger partial charge in [-0.1, -0.05) is 75.8 Å². The number of hydrogen-bond donors (Lipinski definition) is 2. The van der Waals surface area contributed by atoms with E-state index in [0.717, 1.165) is 0 Å². The predicted molar refractivity (Wildman–Crippen MR) is 85.9 cm³/mol. The Morgan fingerprint density at radius 3 is 1.76 bits per heavy atom. The molecular formula is C15H28O5S. The van der Waals surface area contributed by atoms with E-state index in [1.165, 1.54) is 56.9 Å². The van der Waals surface area contributed by atoms with Gasteiger partial charge in [-0.15, -0.1) is 0 Å².